The van der Waals surface area contributed by atoms with Crippen LogP contribution in [0.1, 0.15) is 44.1 Å². The Morgan fingerprint density at radius 2 is 1.76 bits per heavy atom. The lowest BCUT2D eigenvalue weighted by atomic mass is 9.88. The minimum absolute atomic E-state index is 0. The Kier molecular flexibility index (Phi) is 7.57. The molecule has 0 N–H and O–H groups in total. The molecule has 1 aliphatic carbocycles. The molecule has 0 radical (unpaired) electrons. The molecule has 0 bridgehead atoms. The third kappa shape index (κ3) is 4.89. The van der Waals surface area contributed by atoms with Gasteiger partial charge in [0.1, 0.15) is 5.75 Å². The van der Waals surface area contributed by atoms with Gasteiger partial charge in [0.05, 0.1) is 13.5 Å². The average Bonchev–Trinajstić information content (AvgIpc) is 3.16. The first-order valence-electron chi connectivity index (χ1n) is 9.31. The molecule has 2 fully saturated rings. The number of likely N-dealkylation sites (tertiary alicyclic amines) is 1. The summed E-state index contributed by atoms with van der Waals surface area (Å²) >= 11 is 0. The molecule has 0 aromatic heterocycles. The van der Waals surface area contributed by atoms with Gasteiger partial charge in [-0.15, -0.1) is 12.4 Å². The Balaban J connectivity index is 0.00000225. The maximum atomic E-state index is 12.8. The van der Waals surface area contributed by atoms with E-state index in [0.29, 0.717) is 18.5 Å². The summed E-state index contributed by atoms with van der Waals surface area (Å²) < 4.78 is 5.19. The molecule has 4 nitrogen and oxygen atoms in total. The van der Waals surface area contributed by atoms with Crippen molar-refractivity contribution in [3.8, 4) is 5.75 Å². The molecule has 0 spiro atoms. The van der Waals surface area contributed by atoms with Crippen molar-refractivity contribution in [2.45, 2.75) is 57.0 Å². The fourth-order valence-electron chi connectivity index (χ4n) is 4.27. The molecular formula is C20H31ClN2O2. The van der Waals surface area contributed by atoms with Gasteiger partial charge in [0, 0.05) is 19.1 Å². The van der Waals surface area contributed by atoms with Crippen LogP contribution in [0.3, 0.4) is 0 Å². The molecule has 1 amide bonds. The van der Waals surface area contributed by atoms with Crippen LogP contribution in [-0.4, -0.2) is 55.0 Å². The Labute approximate surface area is 157 Å². The molecule has 1 saturated carbocycles. The maximum absolute atomic E-state index is 12.8. The van der Waals surface area contributed by atoms with Gasteiger partial charge in [0.15, 0.2) is 0 Å². The summed E-state index contributed by atoms with van der Waals surface area (Å²) in [6, 6.07) is 8.77. The first kappa shape index (κ1) is 20.1. The lowest BCUT2D eigenvalue weighted by molar-refractivity contribution is -0.133. The van der Waals surface area contributed by atoms with Gasteiger partial charge in [0.2, 0.25) is 5.91 Å². The number of hydrogen-bond acceptors (Lipinski definition) is 3. The summed E-state index contributed by atoms with van der Waals surface area (Å²) in [6.07, 6.45) is 8.04. The SMILES string of the molecule is COc1ccc(CC(=O)N(C)[C@@H]2CCCC[C@@H]2N2CCCC2)cc1.Cl. The summed E-state index contributed by atoms with van der Waals surface area (Å²) in [5.41, 5.74) is 1.06. The van der Waals surface area contributed by atoms with Gasteiger partial charge in [-0.25, -0.2) is 0 Å². The Morgan fingerprint density at radius 3 is 2.40 bits per heavy atom. The quantitative estimate of drug-likeness (QED) is 0.799. The van der Waals surface area contributed by atoms with E-state index in [9.17, 15) is 4.79 Å². The largest absolute Gasteiger partial charge is 0.497 e. The van der Waals surface area contributed by atoms with Crippen LogP contribution in [0.25, 0.3) is 0 Å². The smallest absolute Gasteiger partial charge is 0.227 e. The van der Waals surface area contributed by atoms with Crippen molar-refractivity contribution in [2.24, 2.45) is 0 Å². The number of methoxy groups -OCH3 is 1. The molecule has 1 aliphatic heterocycles. The van der Waals surface area contributed by atoms with Crippen molar-refractivity contribution >= 4 is 18.3 Å². The van der Waals surface area contributed by atoms with E-state index in [1.54, 1.807) is 7.11 Å². The molecule has 1 aromatic rings. The van der Waals surface area contributed by atoms with Crippen LogP contribution in [0, 0.1) is 0 Å². The van der Waals surface area contributed by atoms with Crippen molar-refractivity contribution in [1.82, 2.24) is 9.80 Å². The fraction of sp³-hybridized carbons (Fsp3) is 0.650. The molecule has 25 heavy (non-hydrogen) atoms. The predicted molar refractivity (Wildman–Crippen MR) is 104 cm³/mol. The van der Waals surface area contributed by atoms with Crippen molar-refractivity contribution in [1.29, 1.82) is 0 Å². The van der Waals surface area contributed by atoms with E-state index in [1.165, 1.54) is 45.2 Å². The van der Waals surface area contributed by atoms with Gasteiger partial charge >= 0.3 is 0 Å². The third-order valence-electron chi connectivity index (χ3n) is 5.71. The highest BCUT2D eigenvalue weighted by Gasteiger charge is 2.35. The third-order valence-corrected chi connectivity index (χ3v) is 5.71. The zero-order valence-corrected chi connectivity index (χ0v) is 16.3. The van der Waals surface area contributed by atoms with Crippen LogP contribution < -0.4 is 4.74 Å². The summed E-state index contributed by atoms with van der Waals surface area (Å²) in [5, 5.41) is 0. The van der Waals surface area contributed by atoms with E-state index in [4.69, 9.17) is 4.74 Å². The van der Waals surface area contributed by atoms with Crippen LogP contribution in [-0.2, 0) is 11.2 Å². The number of carbonyl (C=O) groups excluding carboxylic acids is 1. The molecule has 3 rings (SSSR count). The predicted octanol–water partition coefficient (Wildman–Crippen LogP) is 3.52. The normalized spacial score (nSPS) is 23.8. The summed E-state index contributed by atoms with van der Waals surface area (Å²) in [5.74, 6) is 1.07. The number of hydrogen-bond donors (Lipinski definition) is 0. The number of benzene rings is 1. The lowest BCUT2D eigenvalue weighted by Crippen LogP contribution is -2.53. The second kappa shape index (κ2) is 9.44. The molecule has 2 atom stereocenters. The minimum atomic E-state index is 0. The highest BCUT2D eigenvalue weighted by molar-refractivity contribution is 5.85. The number of likely N-dealkylation sites (N-methyl/N-ethyl adjacent to an activating group) is 1. The van der Waals surface area contributed by atoms with E-state index in [1.807, 2.05) is 36.2 Å². The van der Waals surface area contributed by atoms with Gasteiger partial charge < -0.3 is 9.64 Å². The number of rotatable bonds is 5. The van der Waals surface area contributed by atoms with Gasteiger partial charge in [-0.2, -0.15) is 0 Å². The van der Waals surface area contributed by atoms with Crippen molar-refractivity contribution < 1.29 is 9.53 Å². The molecule has 1 aromatic carbocycles. The van der Waals surface area contributed by atoms with Gasteiger partial charge in [-0.1, -0.05) is 25.0 Å². The van der Waals surface area contributed by atoms with E-state index < -0.39 is 0 Å². The molecule has 140 valence electrons. The van der Waals surface area contributed by atoms with Gasteiger partial charge in [-0.3, -0.25) is 9.69 Å². The molecule has 1 saturated heterocycles. The van der Waals surface area contributed by atoms with Crippen molar-refractivity contribution in [2.75, 3.05) is 27.2 Å². The summed E-state index contributed by atoms with van der Waals surface area (Å²) in [7, 11) is 3.67. The van der Waals surface area contributed by atoms with E-state index in [2.05, 4.69) is 4.90 Å². The molecule has 2 aliphatic rings. The second-order valence-corrected chi connectivity index (χ2v) is 7.19. The van der Waals surface area contributed by atoms with Crippen LogP contribution >= 0.6 is 12.4 Å². The average molecular weight is 367 g/mol. The molecular weight excluding hydrogens is 336 g/mol. The van der Waals surface area contributed by atoms with E-state index in [0.717, 1.165) is 17.7 Å². The van der Waals surface area contributed by atoms with Crippen LogP contribution in [0.4, 0.5) is 0 Å². The van der Waals surface area contributed by atoms with Crippen molar-refractivity contribution in [3.05, 3.63) is 29.8 Å². The highest BCUT2D eigenvalue weighted by Crippen LogP contribution is 2.29. The number of carbonyl (C=O) groups is 1. The van der Waals surface area contributed by atoms with Crippen LogP contribution in [0.5, 0.6) is 5.75 Å². The zero-order valence-electron chi connectivity index (χ0n) is 15.4. The minimum Gasteiger partial charge on any atom is -0.497 e. The molecule has 0 unspecified atom stereocenters. The van der Waals surface area contributed by atoms with Gasteiger partial charge in [0.25, 0.3) is 0 Å². The van der Waals surface area contributed by atoms with E-state index in [-0.39, 0.29) is 18.3 Å². The number of halogens is 1. The monoisotopic (exact) mass is 366 g/mol. The topological polar surface area (TPSA) is 32.8 Å². The fourth-order valence-corrected chi connectivity index (χ4v) is 4.27. The van der Waals surface area contributed by atoms with Crippen LogP contribution in [0.2, 0.25) is 0 Å². The van der Waals surface area contributed by atoms with Crippen LogP contribution in [0.15, 0.2) is 24.3 Å². The number of amides is 1. The Hall–Kier alpha value is -1.26. The van der Waals surface area contributed by atoms with Gasteiger partial charge in [-0.05, 0) is 56.5 Å². The lowest BCUT2D eigenvalue weighted by Gasteiger charge is -2.42. The Bertz CT molecular complexity index is 543. The first-order valence-corrected chi connectivity index (χ1v) is 9.31. The molecule has 5 heteroatoms. The second-order valence-electron chi connectivity index (χ2n) is 7.19. The number of ether oxygens (including phenoxy) is 1. The first-order chi connectivity index (χ1) is 11.7. The summed E-state index contributed by atoms with van der Waals surface area (Å²) in [6.45, 7) is 2.42. The highest BCUT2D eigenvalue weighted by atomic mass is 35.5. The zero-order chi connectivity index (χ0) is 16.9. The maximum Gasteiger partial charge on any atom is 0.227 e. The number of nitrogens with zero attached hydrogens (tertiary/aromatic N) is 2. The Morgan fingerprint density at radius 1 is 1.12 bits per heavy atom. The van der Waals surface area contributed by atoms with E-state index >= 15 is 0 Å². The standard InChI is InChI=1S/C20H30N2O2.ClH/c1-21(20(23)15-16-9-11-17(24-2)12-10-16)18-7-3-4-8-19(18)22-13-5-6-14-22;/h9-12,18-19H,3-8,13-15H2,1-2H3;1H/t18-,19+;/m1./s1. The van der Waals surface area contributed by atoms with Crippen molar-refractivity contribution in [3.63, 3.8) is 0 Å². The molecule has 1 heterocycles. The summed E-state index contributed by atoms with van der Waals surface area (Å²) in [4.78, 5) is 17.5.